The average Bonchev–Trinajstić information content (AvgIpc) is 2.39. The highest BCUT2D eigenvalue weighted by Crippen LogP contribution is 2.28. The van der Waals surface area contributed by atoms with Crippen molar-refractivity contribution >= 4 is 17.4 Å². The molecule has 0 radical (unpaired) electrons. The predicted octanol–water partition coefficient (Wildman–Crippen LogP) is 4.30. The first-order valence-corrected chi connectivity index (χ1v) is 7.26. The van der Waals surface area contributed by atoms with Gasteiger partial charge in [-0.25, -0.2) is 9.97 Å². The maximum absolute atomic E-state index is 6.18. The Bertz CT molecular complexity index is 555. The molecule has 0 spiro atoms. The zero-order chi connectivity index (χ0) is 14.5. The van der Waals surface area contributed by atoms with E-state index < -0.39 is 0 Å². The number of rotatable bonds is 5. The van der Waals surface area contributed by atoms with Crippen molar-refractivity contribution in [2.24, 2.45) is 0 Å². The molecule has 0 amide bonds. The Morgan fingerprint density at radius 1 is 1.10 bits per heavy atom. The molecule has 0 aliphatic rings. The Morgan fingerprint density at radius 3 is 2.45 bits per heavy atom. The minimum Gasteiger partial charge on any atom is -0.367 e. The van der Waals surface area contributed by atoms with Gasteiger partial charge in [-0.1, -0.05) is 55.8 Å². The van der Waals surface area contributed by atoms with Crippen LogP contribution in [0.25, 0.3) is 0 Å². The van der Waals surface area contributed by atoms with E-state index >= 15 is 0 Å². The molecule has 1 atom stereocenters. The minimum absolute atomic E-state index is 0.279. The maximum Gasteiger partial charge on any atom is 0.138 e. The summed E-state index contributed by atoms with van der Waals surface area (Å²) < 4.78 is 0. The van der Waals surface area contributed by atoms with Gasteiger partial charge in [-0.15, -0.1) is 0 Å². The fraction of sp³-hybridized carbons (Fsp3) is 0.375. The Hall–Kier alpha value is -1.61. The van der Waals surface area contributed by atoms with Crippen molar-refractivity contribution in [3.05, 3.63) is 52.9 Å². The average molecular weight is 290 g/mol. The SMILES string of the molecule is CC(Cc1ccccc1)Nc1ncnc(Cl)c1C(C)C. The second-order valence-electron chi connectivity index (χ2n) is 5.32. The number of aromatic nitrogens is 2. The summed E-state index contributed by atoms with van der Waals surface area (Å²) in [5.74, 6) is 1.12. The molecule has 0 aliphatic carbocycles. The zero-order valence-electron chi connectivity index (χ0n) is 12.1. The summed E-state index contributed by atoms with van der Waals surface area (Å²) >= 11 is 6.18. The molecule has 106 valence electrons. The maximum atomic E-state index is 6.18. The van der Waals surface area contributed by atoms with Crippen molar-refractivity contribution in [1.82, 2.24) is 9.97 Å². The van der Waals surface area contributed by atoms with Crippen LogP contribution in [0.15, 0.2) is 36.7 Å². The van der Waals surface area contributed by atoms with Crippen LogP contribution < -0.4 is 5.32 Å². The van der Waals surface area contributed by atoms with Crippen LogP contribution in [0.4, 0.5) is 5.82 Å². The molecule has 1 aromatic carbocycles. The summed E-state index contributed by atoms with van der Waals surface area (Å²) in [6.45, 7) is 6.34. The summed E-state index contributed by atoms with van der Waals surface area (Å²) in [5, 5.41) is 3.98. The zero-order valence-corrected chi connectivity index (χ0v) is 12.9. The molecular weight excluding hydrogens is 270 g/mol. The van der Waals surface area contributed by atoms with Gasteiger partial charge in [0.15, 0.2) is 0 Å². The number of nitrogens with one attached hydrogen (secondary N) is 1. The highest BCUT2D eigenvalue weighted by Gasteiger charge is 2.15. The molecule has 1 heterocycles. The number of halogens is 1. The highest BCUT2D eigenvalue weighted by molar-refractivity contribution is 6.30. The fourth-order valence-corrected chi connectivity index (χ4v) is 2.60. The third-order valence-electron chi connectivity index (χ3n) is 3.18. The van der Waals surface area contributed by atoms with Crippen molar-refractivity contribution in [2.45, 2.75) is 39.2 Å². The van der Waals surface area contributed by atoms with Crippen LogP contribution in [0.2, 0.25) is 5.15 Å². The highest BCUT2D eigenvalue weighted by atomic mass is 35.5. The van der Waals surface area contributed by atoms with Crippen LogP contribution in [-0.2, 0) is 6.42 Å². The Kier molecular flexibility index (Phi) is 4.96. The molecule has 20 heavy (non-hydrogen) atoms. The van der Waals surface area contributed by atoms with Crippen LogP contribution in [0.5, 0.6) is 0 Å². The van der Waals surface area contributed by atoms with E-state index in [0.29, 0.717) is 5.15 Å². The molecule has 3 nitrogen and oxygen atoms in total. The molecular formula is C16H20ClN3. The number of anilines is 1. The van der Waals surface area contributed by atoms with Gasteiger partial charge >= 0.3 is 0 Å². The van der Waals surface area contributed by atoms with E-state index in [0.717, 1.165) is 17.8 Å². The molecule has 0 aliphatic heterocycles. The van der Waals surface area contributed by atoms with Gasteiger partial charge in [0.2, 0.25) is 0 Å². The summed E-state index contributed by atoms with van der Waals surface area (Å²) in [7, 11) is 0. The molecule has 4 heteroatoms. The van der Waals surface area contributed by atoms with Crippen LogP contribution in [0.3, 0.4) is 0 Å². The third-order valence-corrected chi connectivity index (χ3v) is 3.48. The first-order valence-electron chi connectivity index (χ1n) is 6.88. The van der Waals surface area contributed by atoms with Crippen molar-refractivity contribution in [1.29, 1.82) is 0 Å². The molecule has 0 saturated heterocycles. The van der Waals surface area contributed by atoms with Crippen LogP contribution in [0.1, 0.15) is 37.8 Å². The topological polar surface area (TPSA) is 37.8 Å². The van der Waals surface area contributed by atoms with Gasteiger partial charge in [0.25, 0.3) is 0 Å². The van der Waals surface area contributed by atoms with E-state index in [4.69, 9.17) is 11.6 Å². The molecule has 2 aromatic rings. The van der Waals surface area contributed by atoms with E-state index in [1.165, 1.54) is 11.9 Å². The summed E-state index contributed by atoms with van der Waals surface area (Å²) in [6.07, 6.45) is 2.45. The van der Waals surface area contributed by atoms with E-state index in [-0.39, 0.29) is 12.0 Å². The lowest BCUT2D eigenvalue weighted by atomic mass is 10.0. The van der Waals surface area contributed by atoms with E-state index in [1.807, 2.05) is 6.07 Å². The van der Waals surface area contributed by atoms with Crippen LogP contribution >= 0.6 is 11.6 Å². The van der Waals surface area contributed by atoms with Gasteiger partial charge in [0.05, 0.1) is 0 Å². The number of hydrogen-bond acceptors (Lipinski definition) is 3. The normalized spacial score (nSPS) is 12.4. The smallest absolute Gasteiger partial charge is 0.138 e. The van der Waals surface area contributed by atoms with Gasteiger partial charge < -0.3 is 5.32 Å². The minimum atomic E-state index is 0.279. The molecule has 1 N–H and O–H groups in total. The molecule has 0 saturated carbocycles. The fourth-order valence-electron chi connectivity index (χ4n) is 2.25. The van der Waals surface area contributed by atoms with Gasteiger partial charge in [-0.3, -0.25) is 0 Å². The first-order chi connectivity index (χ1) is 9.58. The monoisotopic (exact) mass is 289 g/mol. The van der Waals surface area contributed by atoms with Gasteiger partial charge in [-0.2, -0.15) is 0 Å². The van der Waals surface area contributed by atoms with E-state index in [9.17, 15) is 0 Å². The molecule has 1 unspecified atom stereocenters. The Balaban J connectivity index is 2.12. The largest absolute Gasteiger partial charge is 0.367 e. The number of nitrogens with zero attached hydrogens (tertiary/aromatic N) is 2. The molecule has 0 fully saturated rings. The van der Waals surface area contributed by atoms with E-state index in [2.05, 4.69) is 60.3 Å². The molecule has 2 rings (SSSR count). The van der Waals surface area contributed by atoms with E-state index in [1.54, 1.807) is 0 Å². The van der Waals surface area contributed by atoms with Gasteiger partial charge in [0, 0.05) is 11.6 Å². The lowest BCUT2D eigenvalue weighted by molar-refractivity contribution is 0.769. The summed E-state index contributed by atoms with van der Waals surface area (Å²) in [4.78, 5) is 8.40. The second-order valence-corrected chi connectivity index (χ2v) is 5.67. The lowest BCUT2D eigenvalue weighted by Gasteiger charge is -2.19. The van der Waals surface area contributed by atoms with Crippen LogP contribution in [-0.4, -0.2) is 16.0 Å². The Morgan fingerprint density at radius 2 is 1.80 bits per heavy atom. The van der Waals surface area contributed by atoms with Crippen molar-refractivity contribution in [2.75, 3.05) is 5.32 Å². The first kappa shape index (κ1) is 14.8. The quantitative estimate of drug-likeness (QED) is 0.834. The lowest BCUT2D eigenvalue weighted by Crippen LogP contribution is -2.20. The van der Waals surface area contributed by atoms with Crippen molar-refractivity contribution in [3.63, 3.8) is 0 Å². The second kappa shape index (κ2) is 6.71. The van der Waals surface area contributed by atoms with Gasteiger partial charge in [0.1, 0.15) is 17.3 Å². The summed E-state index contributed by atoms with van der Waals surface area (Å²) in [5.41, 5.74) is 2.29. The number of hydrogen-bond donors (Lipinski definition) is 1. The van der Waals surface area contributed by atoms with Gasteiger partial charge in [-0.05, 0) is 24.8 Å². The number of benzene rings is 1. The summed E-state index contributed by atoms with van der Waals surface area (Å²) in [6, 6.07) is 10.7. The molecule has 1 aromatic heterocycles. The standard InChI is InChI=1S/C16H20ClN3/c1-11(2)14-15(17)18-10-19-16(14)20-12(3)9-13-7-5-4-6-8-13/h4-8,10-12H,9H2,1-3H3,(H,18,19,20). The third kappa shape index (κ3) is 3.70. The van der Waals surface area contributed by atoms with Crippen molar-refractivity contribution in [3.8, 4) is 0 Å². The molecule has 0 bridgehead atoms. The Labute approximate surface area is 125 Å². The van der Waals surface area contributed by atoms with Crippen LogP contribution in [0, 0.1) is 0 Å². The predicted molar refractivity (Wildman–Crippen MR) is 84.4 cm³/mol. The van der Waals surface area contributed by atoms with Crippen molar-refractivity contribution < 1.29 is 0 Å².